The summed E-state index contributed by atoms with van der Waals surface area (Å²) in [7, 11) is 0. The fraction of sp³-hybridized carbons (Fsp3) is 0.571. The summed E-state index contributed by atoms with van der Waals surface area (Å²) < 4.78 is 5.65. The molecule has 0 spiro atoms. The van der Waals surface area contributed by atoms with Crippen LogP contribution in [-0.4, -0.2) is 23.6 Å². The first kappa shape index (κ1) is 13.0. The van der Waals surface area contributed by atoms with Crippen molar-refractivity contribution < 1.29 is 9.53 Å². The van der Waals surface area contributed by atoms with Crippen LogP contribution in [-0.2, 0) is 9.53 Å². The molecule has 1 aliphatic rings. The van der Waals surface area contributed by atoms with Crippen LogP contribution in [0.5, 0.6) is 0 Å². The van der Waals surface area contributed by atoms with Crippen LogP contribution in [0.1, 0.15) is 31.7 Å². The molecule has 1 fully saturated rings. The highest BCUT2D eigenvalue weighted by molar-refractivity contribution is 5.93. The quantitative estimate of drug-likeness (QED) is 0.894. The van der Waals surface area contributed by atoms with E-state index in [0.29, 0.717) is 0 Å². The van der Waals surface area contributed by atoms with E-state index in [-0.39, 0.29) is 17.9 Å². The Balaban J connectivity index is 2.05. The van der Waals surface area contributed by atoms with Gasteiger partial charge in [-0.1, -0.05) is 6.92 Å². The molecule has 4 heteroatoms. The van der Waals surface area contributed by atoms with Crippen LogP contribution in [0, 0.1) is 12.8 Å². The number of anilines is 1. The average molecular weight is 248 g/mol. The van der Waals surface area contributed by atoms with Crippen molar-refractivity contribution in [1.82, 2.24) is 4.98 Å². The van der Waals surface area contributed by atoms with Crippen LogP contribution in [0.25, 0.3) is 0 Å². The highest BCUT2D eigenvalue weighted by Gasteiger charge is 2.30. The van der Waals surface area contributed by atoms with Gasteiger partial charge < -0.3 is 10.1 Å². The number of aromatic nitrogens is 1. The molecule has 2 atom stereocenters. The molecule has 0 bridgehead atoms. The molecule has 1 aliphatic heterocycles. The van der Waals surface area contributed by atoms with Gasteiger partial charge in [0, 0.05) is 12.8 Å². The van der Waals surface area contributed by atoms with E-state index in [1.165, 1.54) is 0 Å². The van der Waals surface area contributed by atoms with E-state index >= 15 is 0 Å². The molecule has 1 aromatic rings. The Morgan fingerprint density at radius 2 is 2.44 bits per heavy atom. The molecule has 0 aliphatic carbocycles. The number of pyridine rings is 1. The van der Waals surface area contributed by atoms with Crippen molar-refractivity contribution in [2.45, 2.75) is 39.2 Å². The Labute approximate surface area is 108 Å². The van der Waals surface area contributed by atoms with Crippen molar-refractivity contribution in [3.8, 4) is 0 Å². The maximum absolute atomic E-state index is 12.3. The van der Waals surface area contributed by atoms with E-state index in [4.69, 9.17) is 4.74 Å². The summed E-state index contributed by atoms with van der Waals surface area (Å²) in [6, 6.07) is 1.89. The van der Waals surface area contributed by atoms with Crippen molar-refractivity contribution in [1.29, 1.82) is 0 Å². The molecule has 1 saturated heterocycles. The minimum absolute atomic E-state index is 0.0386. The normalized spacial score (nSPS) is 23.7. The summed E-state index contributed by atoms with van der Waals surface area (Å²) in [5.41, 5.74) is 1.83. The number of amides is 1. The third kappa shape index (κ3) is 2.88. The average Bonchev–Trinajstić information content (AvgIpc) is 2.41. The monoisotopic (exact) mass is 248 g/mol. The van der Waals surface area contributed by atoms with Crippen LogP contribution in [0.4, 0.5) is 5.69 Å². The van der Waals surface area contributed by atoms with E-state index in [1.807, 2.05) is 13.0 Å². The fourth-order valence-electron chi connectivity index (χ4n) is 2.36. The standard InChI is InChI=1S/C14H20N2O2/c1-3-13-11(5-4-8-18-13)14(17)16-12-9-15-7-6-10(12)2/h6-7,9,11,13H,3-5,8H2,1-2H3,(H,16,17). The zero-order valence-corrected chi connectivity index (χ0v) is 11.0. The largest absolute Gasteiger partial charge is 0.377 e. The maximum atomic E-state index is 12.3. The molecule has 0 saturated carbocycles. The number of nitrogens with one attached hydrogen (secondary N) is 1. The SMILES string of the molecule is CCC1OCCCC1C(=O)Nc1cnccc1C. The summed E-state index contributed by atoms with van der Waals surface area (Å²) >= 11 is 0. The van der Waals surface area contributed by atoms with Crippen LogP contribution < -0.4 is 5.32 Å². The van der Waals surface area contributed by atoms with Crippen LogP contribution >= 0.6 is 0 Å². The predicted molar refractivity (Wildman–Crippen MR) is 70.4 cm³/mol. The number of nitrogens with zero attached hydrogens (tertiary/aromatic N) is 1. The molecular formula is C14H20N2O2. The summed E-state index contributed by atoms with van der Waals surface area (Å²) in [5.74, 6) is 0.0148. The van der Waals surface area contributed by atoms with Crippen molar-refractivity contribution >= 4 is 11.6 Å². The first-order chi connectivity index (χ1) is 8.72. The fourth-order valence-corrected chi connectivity index (χ4v) is 2.36. The number of hydrogen-bond acceptors (Lipinski definition) is 3. The Hall–Kier alpha value is -1.42. The highest BCUT2D eigenvalue weighted by Crippen LogP contribution is 2.25. The van der Waals surface area contributed by atoms with E-state index in [0.717, 1.165) is 37.1 Å². The van der Waals surface area contributed by atoms with Crippen molar-refractivity contribution in [2.24, 2.45) is 5.92 Å². The van der Waals surface area contributed by atoms with Crippen molar-refractivity contribution in [2.75, 3.05) is 11.9 Å². The molecule has 2 heterocycles. The third-order valence-electron chi connectivity index (χ3n) is 3.48. The zero-order chi connectivity index (χ0) is 13.0. The summed E-state index contributed by atoms with van der Waals surface area (Å²) in [6.07, 6.45) is 6.21. The molecule has 4 nitrogen and oxygen atoms in total. The molecule has 1 N–H and O–H groups in total. The van der Waals surface area contributed by atoms with Crippen LogP contribution in [0.15, 0.2) is 18.5 Å². The van der Waals surface area contributed by atoms with Gasteiger partial charge in [-0.25, -0.2) is 0 Å². The number of hydrogen-bond donors (Lipinski definition) is 1. The molecule has 2 rings (SSSR count). The number of rotatable bonds is 3. The molecule has 1 aromatic heterocycles. The molecule has 2 unspecified atom stereocenters. The molecule has 98 valence electrons. The summed E-state index contributed by atoms with van der Waals surface area (Å²) in [4.78, 5) is 16.3. The highest BCUT2D eigenvalue weighted by atomic mass is 16.5. The second-order valence-electron chi connectivity index (χ2n) is 4.75. The number of aryl methyl sites for hydroxylation is 1. The summed E-state index contributed by atoms with van der Waals surface area (Å²) in [5, 5.41) is 2.96. The van der Waals surface area contributed by atoms with Gasteiger partial charge in [-0.3, -0.25) is 9.78 Å². The molecular weight excluding hydrogens is 228 g/mol. The van der Waals surface area contributed by atoms with Gasteiger partial charge in [-0.05, 0) is 37.8 Å². The predicted octanol–water partition coefficient (Wildman–Crippen LogP) is 2.53. The van der Waals surface area contributed by atoms with Gasteiger partial charge in [0.05, 0.1) is 23.9 Å². The number of carbonyl (C=O) groups is 1. The van der Waals surface area contributed by atoms with Gasteiger partial charge in [0.15, 0.2) is 0 Å². The molecule has 0 aromatic carbocycles. The first-order valence-corrected chi connectivity index (χ1v) is 6.55. The van der Waals surface area contributed by atoms with Gasteiger partial charge >= 0.3 is 0 Å². The van der Waals surface area contributed by atoms with Crippen molar-refractivity contribution in [3.63, 3.8) is 0 Å². The van der Waals surface area contributed by atoms with Crippen LogP contribution in [0.3, 0.4) is 0 Å². The first-order valence-electron chi connectivity index (χ1n) is 6.55. The Morgan fingerprint density at radius 1 is 1.61 bits per heavy atom. The van der Waals surface area contributed by atoms with Gasteiger partial charge in [0.2, 0.25) is 5.91 Å². The van der Waals surface area contributed by atoms with Crippen LogP contribution in [0.2, 0.25) is 0 Å². The second-order valence-corrected chi connectivity index (χ2v) is 4.75. The zero-order valence-electron chi connectivity index (χ0n) is 11.0. The number of ether oxygens (including phenoxy) is 1. The second kappa shape index (κ2) is 5.96. The topological polar surface area (TPSA) is 51.2 Å². The minimum atomic E-state index is -0.0386. The lowest BCUT2D eigenvalue weighted by Gasteiger charge is -2.30. The Bertz CT molecular complexity index is 420. The van der Waals surface area contributed by atoms with E-state index in [1.54, 1.807) is 12.4 Å². The van der Waals surface area contributed by atoms with Gasteiger partial charge in [0.1, 0.15) is 0 Å². The van der Waals surface area contributed by atoms with Gasteiger partial charge in [-0.2, -0.15) is 0 Å². The Morgan fingerprint density at radius 3 is 3.17 bits per heavy atom. The third-order valence-corrected chi connectivity index (χ3v) is 3.48. The van der Waals surface area contributed by atoms with E-state index in [9.17, 15) is 4.79 Å². The lowest BCUT2D eigenvalue weighted by Crippen LogP contribution is -2.37. The van der Waals surface area contributed by atoms with Gasteiger partial charge in [-0.15, -0.1) is 0 Å². The lowest BCUT2D eigenvalue weighted by atomic mass is 9.91. The van der Waals surface area contributed by atoms with Crippen molar-refractivity contribution in [3.05, 3.63) is 24.0 Å². The molecule has 18 heavy (non-hydrogen) atoms. The van der Waals surface area contributed by atoms with E-state index in [2.05, 4.69) is 17.2 Å². The maximum Gasteiger partial charge on any atom is 0.230 e. The van der Waals surface area contributed by atoms with Gasteiger partial charge in [0.25, 0.3) is 0 Å². The smallest absolute Gasteiger partial charge is 0.230 e. The lowest BCUT2D eigenvalue weighted by molar-refractivity contribution is -0.129. The molecule has 1 amide bonds. The Kier molecular flexibility index (Phi) is 4.31. The number of carbonyl (C=O) groups excluding carboxylic acids is 1. The minimum Gasteiger partial charge on any atom is -0.377 e. The molecule has 0 radical (unpaired) electrons. The summed E-state index contributed by atoms with van der Waals surface area (Å²) in [6.45, 7) is 4.80. The van der Waals surface area contributed by atoms with E-state index < -0.39 is 0 Å².